The molecule has 0 spiro atoms. The lowest BCUT2D eigenvalue weighted by molar-refractivity contribution is -0.119. The first-order valence-electron chi connectivity index (χ1n) is 5.62. The van der Waals surface area contributed by atoms with Gasteiger partial charge < -0.3 is 20.7 Å². The van der Waals surface area contributed by atoms with Crippen LogP contribution in [-0.4, -0.2) is 33.2 Å². The van der Waals surface area contributed by atoms with Crippen LogP contribution in [0.2, 0.25) is 0 Å². The lowest BCUT2D eigenvalue weighted by Crippen LogP contribution is -2.35. The summed E-state index contributed by atoms with van der Waals surface area (Å²) in [7, 11) is 2.94. The number of nitrogens with one attached hydrogen (secondary N) is 1. The Morgan fingerprint density at radius 2 is 2.22 bits per heavy atom. The number of hydrogen-bond donors (Lipinski definition) is 2. The number of amides is 1. The SMILES string of the molecule is CCN(CC(=O)NC)c1cc(OC)c(F)cc1N. The van der Waals surface area contributed by atoms with Gasteiger partial charge in [-0.15, -0.1) is 0 Å². The molecule has 0 unspecified atom stereocenters. The van der Waals surface area contributed by atoms with Crippen molar-refractivity contribution in [1.29, 1.82) is 0 Å². The van der Waals surface area contributed by atoms with Crippen LogP contribution in [0.4, 0.5) is 15.8 Å². The number of nitrogen functional groups attached to an aromatic ring is 1. The third-order valence-electron chi connectivity index (χ3n) is 2.64. The summed E-state index contributed by atoms with van der Waals surface area (Å²) in [6, 6.07) is 2.69. The highest BCUT2D eigenvalue weighted by molar-refractivity contribution is 5.83. The van der Waals surface area contributed by atoms with E-state index in [1.54, 1.807) is 11.9 Å². The van der Waals surface area contributed by atoms with Gasteiger partial charge in [0.15, 0.2) is 11.6 Å². The van der Waals surface area contributed by atoms with E-state index in [2.05, 4.69) is 5.32 Å². The van der Waals surface area contributed by atoms with Crippen molar-refractivity contribution in [3.8, 4) is 5.75 Å². The largest absolute Gasteiger partial charge is 0.494 e. The maximum absolute atomic E-state index is 13.4. The molecule has 0 aliphatic heterocycles. The number of likely N-dealkylation sites (N-methyl/N-ethyl adjacent to an activating group) is 2. The lowest BCUT2D eigenvalue weighted by Gasteiger charge is -2.24. The summed E-state index contributed by atoms with van der Waals surface area (Å²) in [4.78, 5) is 13.1. The highest BCUT2D eigenvalue weighted by atomic mass is 19.1. The summed E-state index contributed by atoms with van der Waals surface area (Å²) in [6.45, 7) is 2.62. The Hall–Kier alpha value is -1.98. The molecule has 18 heavy (non-hydrogen) atoms. The van der Waals surface area contributed by atoms with Crippen molar-refractivity contribution < 1.29 is 13.9 Å². The van der Waals surface area contributed by atoms with Gasteiger partial charge in [-0.3, -0.25) is 4.79 Å². The van der Waals surface area contributed by atoms with Gasteiger partial charge in [-0.25, -0.2) is 4.39 Å². The molecule has 1 rings (SSSR count). The number of benzene rings is 1. The van der Waals surface area contributed by atoms with E-state index in [-0.39, 0.29) is 23.9 Å². The number of hydrogen-bond acceptors (Lipinski definition) is 4. The maximum atomic E-state index is 13.4. The smallest absolute Gasteiger partial charge is 0.239 e. The number of rotatable bonds is 5. The van der Waals surface area contributed by atoms with Crippen LogP contribution in [0.15, 0.2) is 12.1 Å². The zero-order valence-corrected chi connectivity index (χ0v) is 10.8. The van der Waals surface area contributed by atoms with E-state index in [9.17, 15) is 9.18 Å². The standard InChI is InChI=1S/C12H18FN3O2/c1-4-16(7-12(17)15-2)10-6-11(18-3)8(13)5-9(10)14/h5-6H,4,7,14H2,1-3H3,(H,15,17). The first kappa shape index (κ1) is 14.1. The van der Waals surface area contributed by atoms with Crippen LogP contribution >= 0.6 is 0 Å². The Morgan fingerprint density at radius 3 is 2.72 bits per heavy atom. The fourth-order valence-corrected chi connectivity index (χ4v) is 1.61. The van der Waals surface area contributed by atoms with Gasteiger partial charge in [-0.1, -0.05) is 0 Å². The first-order valence-corrected chi connectivity index (χ1v) is 5.62. The summed E-state index contributed by atoms with van der Waals surface area (Å²) >= 11 is 0. The second-order valence-corrected chi connectivity index (χ2v) is 3.73. The maximum Gasteiger partial charge on any atom is 0.239 e. The number of nitrogens with two attached hydrogens (primary N) is 1. The monoisotopic (exact) mass is 255 g/mol. The van der Waals surface area contributed by atoms with Crippen LogP contribution in [0.5, 0.6) is 5.75 Å². The zero-order chi connectivity index (χ0) is 13.7. The van der Waals surface area contributed by atoms with Gasteiger partial charge in [0.25, 0.3) is 0 Å². The molecule has 0 aliphatic rings. The average molecular weight is 255 g/mol. The van der Waals surface area contributed by atoms with Gasteiger partial charge in [0.05, 0.1) is 25.0 Å². The van der Waals surface area contributed by atoms with Crippen LogP contribution in [0.1, 0.15) is 6.92 Å². The molecule has 5 nitrogen and oxygen atoms in total. The molecule has 1 aromatic rings. The summed E-state index contributed by atoms with van der Waals surface area (Å²) in [6.07, 6.45) is 0. The van der Waals surface area contributed by atoms with Crippen LogP contribution < -0.4 is 20.7 Å². The van der Waals surface area contributed by atoms with Gasteiger partial charge in [0, 0.05) is 25.7 Å². The minimum absolute atomic E-state index is 0.106. The molecule has 1 amide bonds. The van der Waals surface area contributed by atoms with Crippen molar-refractivity contribution in [2.75, 3.05) is 37.9 Å². The molecule has 0 atom stereocenters. The minimum atomic E-state index is -0.519. The predicted octanol–water partition coefficient (Wildman–Crippen LogP) is 0.989. The highest BCUT2D eigenvalue weighted by Crippen LogP contribution is 2.30. The molecule has 0 aromatic heterocycles. The van der Waals surface area contributed by atoms with E-state index in [1.807, 2.05) is 6.92 Å². The predicted molar refractivity (Wildman–Crippen MR) is 69.3 cm³/mol. The van der Waals surface area contributed by atoms with Crippen LogP contribution in [0.25, 0.3) is 0 Å². The van der Waals surface area contributed by atoms with Gasteiger partial charge in [-0.05, 0) is 6.92 Å². The molecular weight excluding hydrogens is 237 g/mol. The van der Waals surface area contributed by atoms with Crippen molar-refractivity contribution in [2.45, 2.75) is 6.92 Å². The van der Waals surface area contributed by atoms with Gasteiger partial charge in [0.1, 0.15) is 0 Å². The summed E-state index contributed by atoms with van der Waals surface area (Å²) in [5.41, 5.74) is 6.63. The first-order chi connectivity index (χ1) is 8.53. The fourth-order valence-electron chi connectivity index (χ4n) is 1.61. The average Bonchev–Trinajstić information content (AvgIpc) is 2.36. The van der Waals surface area contributed by atoms with E-state index in [4.69, 9.17) is 10.5 Å². The van der Waals surface area contributed by atoms with Crippen LogP contribution in [0, 0.1) is 5.82 Å². The van der Waals surface area contributed by atoms with Crippen molar-refractivity contribution in [3.05, 3.63) is 17.9 Å². The third kappa shape index (κ3) is 3.03. The third-order valence-corrected chi connectivity index (χ3v) is 2.64. The normalized spacial score (nSPS) is 10.0. The lowest BCUT2D eigenvalue weighted by atomic mass is 10.2. The topological polar surface area (TPSA) is 67.6 Å². The van der Waals surface area contributed by atoms with E-state index < -0.39 is 5.82 Å². The molecule has 6 heteroatoms. The molecule has 100 valence electrons. The molecule has 0 aliphatic carbocycles. The van der Waals surface area contributed by atoms with E-state index in [0.717, 1.165) is 0 Å². The second kappa shape index (κ2) is 6.09. The Bertz CT molecular complexity index is 438. The molecular formula is C12H18FN3O2. The summed E-state index contributed by atoms with van der Waals surface area (Å²) in [5, 5.41) is 2.53. The van der Waals surface area contributed by atoms with Crippen molar-refractivity contribution in [1.82, 2.24) is 5.32 Å². The Labute approximate surface area is 106 Å². The van der Waals surface area contributed by atoms with Crippen molar-refractivity contribution in [2.24, 2.45) is 0 Å². The molecule has 0 heterocycles. The molecule has 1 aromatic carbocycles. The van der Waals surface area contributed by atoms with Gasteiger partial charge >= 0.3 is 0 Å². The van der Waals surface area contributed by atoms with E-state index >= 15 is 0 Å². The molecule has 3 N–H and O–H groups in total. The van der Waals surface area contributed by atoms with Crippen LogP contribution in [0.3, 0.4) is 0 Å². The van der Waals surface area contributed by atoms with Gasteiger partial charge in [-0.2, -0.15) is 0 Å². The Kier molecular flexibility index (Phi) is 4.76. The molecule has 0 radical (unpaired) electrons. The number of halogens is 1. The molecule has 0 saturated heterocycles. The van der Waals surface area contributed by atoms with Crippen molar-refractivity contribution >= 4 is 17.3 Å². The summed E-state index contributed by atoms with van der Waals surface area (Å²) in [5.74, 6) is -0.552. The zero-order valence-electron chi connectivity index (χ0n) is 10.8. The molecule has 0 bridgehead atoms. The number of carbonyl (C=O) groups is 1. The Balaban J connectivity index is 3.08. The van der Waals surface area contributed by atoms with E-state index in [0.29, 0.717) is 12.2 Å². The number of ether oxygens (including phenoxy) is 1. The molecule has 0 saturated carbocycles. The van der Waals surface area contributed by atoms with Crippen LogP contribution in [-0.2, 0) is 4.79 Å². The van der Waals surface area contributed by atoms with Gasteiger partial charge in [0.2, 0.25) is 5.91 Å². The summed E-state index contributed by atoms with van der Waals surface area (Å²) < 4.78 is 18.3. The van der Waals surface area contributed by atoms with Crippen molar-refractivity contribution in [3.63, 3.8) is 0 Å². The quantitative estimate of drug-likeness (QED) is 0.770. The minimum Gasteiger partial charge on any atom is -0.494 e. The highest BCUT2D eigenvalue weighted by Gasteiger charge is 2.15. The number of methoxy groups -OCH3 is 1. The second-order valence-electron chi connectivity index (χ2n) is 3.73. The molecule has 0 fully saturated rings. The number of nitrogens with zero attached hydrogens (tertiary/aromatic N) is 1. The van der Waals surface area contributed by atoms with E-state index in [1.165, 1.54) is 19.2 Å². The fraction of sp³-hybridized carbons (Fsp3) is 0.417. The Morgan fingerprint density at radius 1 is 1.56 bits per heavy atom. The number of anilines is 2. The number of carbonyl (C=O) groups excluding carboxylic acids is 1.